The molecule has 0 aliphatic heterocycles. The first kappa shape index (κ1) is 12.4. The van der Waals surface area contributed by atoms with Crippen molar-refractivity contribution in [3.05, 3.63) is 51.8 Å². The predicted molar refractivity (Wildman–Crippen MR) is 74.8 cm³/mol. The summed E-state index contributed by atoms with van der Waals surface area (Å²) in [5, 5.41) is 4.72. The van der Waals surface area contributed by atoms with E-state index in [0.29, 0.717) is 5.02 Å². The molecule has 0 unspecified atom stereocenters. The van der Waals surface area contributed by atoms with Crippen molar-refractivity contribution >= 4 is 17.4 Å². The van der Waals surface area contributed by atoms with E-state index in [1.807, 2.05) is 19.1 Å². The molecular weight excluding hydrogens is 260 g/mol. The number of ketones is 1. The summed E-state index contributed by atoms with van der Waals surface area (Å²) in [6.07, 6.45) is 4.99. The number of hydrogen-bond donors (Lipinski definition) is 0. The lowest BCUT2D eigenvalue weighted by Gasteiger charge is -2.06. The van der Waals surface area contributed by atoms with Gasteiger partial charge in [-0.05, 0) is 43.4 Å². The molecule has 0 saturated heterocycles. The van der Waals surface area contributed by atoms with E-state index in [2.05, 4.69) is 11.2 Å². The van der Waals surface area contributed by atoms with Crippen molar-refractivity contribution in [3.63, 3.8) is 0 Å². The summed E-state index contributed by atoms with van der Waals surface area (Å²) in [5.41, 5.74) is 4.30. The Bertz CT molecular complexity index is 646. The van der Waals surface area contributed by atoms with Gasteiger partial charge in [0.15, 0.2) is 5.78 Å². The normalized spacial score (nSPS) is 13.6. The Morgan fingerprint density at radius 3 is 2.89 bits per heavy atom. The molecule has 1 aromatic carbocycles. The number of benzene rings is 1. The molecule has 0 atom stereocenters. The molecule has 1 heterocycles. The first-order chi connectivity index (χ1) is 9.15. The molecule has 98 valence electrons. The van der Waals surface area contributed by atoms with Crippen molar-refractivity contribution in [1.29, 1.82) is 0 Å². The minimum absolute atomic E-state index is 0.0811. The van der Waals surface area contributed by atoms with Crippen LogP contribution in [0, 0.1) is 6.92 Å². The average Bonchev–Trinajstić information content (AvgIpc) is 2.99. The summed E-state index contributed by atoms with van der Waals surface area (Å²) in [7, 11) is 0. The van der Waals surface area contributed by atoms with Gasteiger partial charge in [-0.2, -0.15) is 5.10 Å². The van der Waals surface area contributed by atoms with Gasteiger partial charge in [0, 0.05) is 5.56 Å². The van der Waals surface area contributed by atoms with Crippen LogP contribution in [0.4, 0.5) is 0 Å². The number of halogens is 1. The summed E-state index contributed by atoms with van der Waals surface area (Å²) in [4.78, 5) is 12.3. The van der Waals surface area contributed by atoms with Gasteiger partial charge in [0.25, 0.3) is 0 Å². The molecule has 19 heavy (non-hydrogen) atoms. The lowest BCUT2D eigenvalue weighted by atomic mass is 10.0. The van der Waals surface area contributed by atoms with Gasteiger partial charge in [0.2, 0.25) is 0 Å². The first-order valence-electron chi connectivity index (χ1n) is 6.48. The predicted octanol–water partition coefficient (Wildman–Crippen LogP) is 3.22. The fourth-order valence-electron chi connectivity index (χ4n) is 2.56. The Hall–Kier alpha value is -1.61. The molecule has 3 rings (SSSR count). The maximum Gasteiger partial charge on any atom is 0.184 e. The van der Waals surface area contributed by atoms with E-state index >= 15 is 0 Å². The van der Waals surface area contributed by atoms with Gasteiger partial charge in [0.1, 0.15) is 6.54 Å². The summed E-state index contributed by atoms with van der Waals surface area (Å²) in [6, 6.07) is 6.04. The molecule has 1 aliphatic rings. The molecule has 0 fully saturated rings. The maximum atomic E-state index is 12.3. The zero-order valence-corrected chi connectivity index (χ0v) is 11.6. The third kappa shape index (κ3) is 2.30. The number of fused-ring (bicyclic) bond motifs is 1. The standard InChI is InChI=1S/C15H15ClN2O/c1-10-14(16)8-17-18(10)9-15(19)13-6-5-11-3-2-4-12(11)7-13/h5-8H,2-4,9H2,1H3. The summed E-state index contributed by atoms with van der Waals surface area (Å²) >= 11 is 5.94. The highest BCUT2D eigenvalue weighted by Gasteiger charge is 2.15. The fraction of sp³-hybridized carbons (Fsp3) is 0.333. The molecule has 0 N–H and O–H groups in total. The van der Waals surface area contributed by atoms with Gasteiger partial charge >= 0.3 is 0 Å². The van der Waals surface area contributed by atoms with E-state index in [0.717, 1.165) is 24.1 Å². The van der Waals surface area contributed by atoms with Crippen LogP contribution in [0.5, 0.6) is 0 Å². The number of nitrogens with zero attached hydrogens (tertiary/aromatic N) is 2. The Morgan fingerprint density at radius 1 is 1.37 bits per heavy atom. The lowest BCUT2D eigenvalue weighted by molar-refractivity contribution is 0.0966. The molecule has 0 amide bonds. The number of carbonyl (C=O) groups is 1. The molecule has 0 spiro atoms. The fourth-order valence-corrected chi connectivity index (χ4v) is 2.70. The number of carbonyl (C=O) groups excluding carboxylic acids is 1. The van der Waals surface area contributed by atoms with E-state index in [1.54, 1.807) is 10.9 Å². The summed E-state index contributed by atoms with van der Waals surface area (Å²) in [6.45, 7) is 2.11. The van der Waals surface area contributed by atoms with Crippen molar-refractivity contribution in [2.45, 2.75) is 32.7 Å². The van der Waals surface area contributed by atoms with E-state index < -0.39 is 0 Å². The minimum atomic E-state index is 0.0811. The first-order valence-corrected chi connectivity index (χ1v) is 6.86. The van der Waals surface area contributed by atoms with Crippen molar-refractivity contribution in [2.75, 3.05) is 0 Å². The molecular formula is C15H15ClN2O. The Labute approximate surface area is 117 Å². The maximum absolute atomic E-state index is 12.3. The van der Waals surface area contributed by atoms with Crippen LogP contribution in [0.1, 0.15) is 33.6 Å². The Balaban J connectivity index is 1.83. The molecule has 1 aromatic heterocycles. The van der Waals surface area contributed by atoms with Crippen LogP contribution in [0.3, 0.4) is 0 Å². The summed E-state index contributed by atoms with van der Waals surface area (Å²) < 4.78 is 1.65. The Morgan fingerprint density at radius 2 is 2.16 bits per heavy atom. The topological polar surface area (TPSA) is 34.9 Å². The third-order valence-electron chi connectivity index (χ3n) is 3.76. The van der Waals surface area contributed by atoms with Gasteiger partial charge in [-0.3, -0.25) is 9.48 Å². The molecule has 0 radical (unpaired) electrons. The van der Waals surface area contributed by atoms with Crippen LogP contribution < -0.4 is 0 Å². The van der Waals surface area contributed by atoms with Crippen LogP contribution in [-0.2, 0) is 19.4 Å². The Kier molecular flexibility index (Phi) is 3.15. The zero-order chi connectivity index (χ0) is 13.4. The largest absolute Gasteiger partial charge is 0.292 e. The van der Waals surface area contributed by atoms with E-state index in [1.165, 1.54) is 17.5 Å². The summed E-state index contributed by atoms with van der Waals surface area (Å²) in [5.74, 6) is 0.0811. The number of rotatable bonds is 3. The van der Waals surface area contributed by atoms with Gasteiger partial charge in [-0.1, -0.05) is 23.7 Å². The molecule has 4 heteroatoms. The van der Waals surface area contributed by atoms with Crippen LogP contribution >= 0.6 is 11.6 Å². The highest BCUT2D eigenvalue weighted by Crippen LogP contribution is 2.23. The van der Waals surface area contributed by atoms with Crippen molar-refractivity contribution in [3.8, 4) is 0 Å². The third-order valence-corrected chi connectivity index (χ3v) is 4.13. The molecule has 0 saturated carbocycles. The van der Waals surface area contributed by atoms with E-state index in [-0.39, 0.29) is 12.3 Å². The molecule has 2 aromatic rings. The van der Waals surface area contributed by atoms with Crippen molar-refractivity contribution in [2.24, 2.45) is 0 Å². The van der Waals surface area contributed by atoms with E-state index in [4.69, 9.17) is 11.6 Å². The molecule has 0 bridgehead atoms. The van der Waals surface area contributed by atoms with Crippen LogP contribution in [0.25, 0.3) is 0 Å². The highest BCUT2D eigenvalue weighted by atomic mass is 35.5. The zero-order valence-electron chi connectivity index (χ0n) is 10.8. The van der Waals surface area contributed by atoms with Crippen molar-refractivity contribution in [1.82, 2.24) is 9.78 Å². The number of aryl methyl sites for hydroxylation is 2. The highest BCUT2D eigenvalue weighted by molar-refractivity contribution is 6.31. The van der Waals surface area contributed by atoms with Crippen LogP contribution in [0.2, 0.25) is 5.02 Å². The second kappa shape index (κ2) is 4.82. The number of aromatic nitrogens is 2. The van der Waals surface area contributed by atoms with Gasteiger partial charge in [-0.25, -0.2) is 0 Å². The second-order valence-electron chi connectivity index (χ2n) is 5.00. The van der Waals surface area contributed by atoms with Gasteiger partial charge in [0.05, 0.1) is 16.9 Å². The van der Waals surface area contributed by atoms with Gasteiger partial charge < -0.3 is 0 Å². The number of Topliss-reactive ketones (excluding diaryl/α,β-unsaturated/α-hetero) is 1. The van der Waals surface area contributed by atoms with E-state index in [9.17, 15) is 4.79 Å². The quantitative estimate of drug-likeness (QED) is 0.806. The van der Waals surface area contributed by atoms with Gasteiger partial charge in [-0.15, -0.1) is 0 Å². The van der Waals surface area contributed by atoms with Crippen LogP contribution in [-0.4, -0.2) is 15.6 Å². The monoisotopic (exact) mass is 274 g/mol. The van der Waals surface area contributed by atoms with Crippen molar-refractivity contribution < 1.29 is 4.79 Å². The SMILES string of the molecule is Cc1c(Cl)cnn1CC(=O)c1ccc2c(c1)CCC2. The number of hydrogen-bond acceptors (Lipinski definition) is 2. The smallest absolute Gasteiger partial charge is 0.184 e. The minimum Gasteiger partial charge on any atom is -0.292 e. The second-order valence-corrected chi connectivity index (χ2v) is 5.40. The molecule has 3 nitrogen and oxygen atoms in total. The lowest BCUT2D eigenvalue weighted by Crippen LogP contribution is -2.13. The average molecular weight is 275 g/mol. The van der Waals surface area contributed by atoms with Crippen LogP contribution in [0.15, 0.2) is 24.4 Å². The molecule has 1 aliphatic carbocycles.